The van der Waals surface area contributed by atoms with Gasteiger partial charge in [-0.1, -0.05) is 170 Å². The average molecular weight is 714 g/mol. The van der Waals surface area contributed by atoms with Crippen molar-refractivity contribution in [2.45, 2.75) is 0 Å². The molecule has 0 radical (unpaired) electrons. The van der Waals surface area contributed by atoms with Crippen molar-refractivity contribution >= 4 is 43.7 Å². The topological polar surface area (TPSA) is 18.1 Å². The van der Waals surface area contributed by atoms with Crippen molar-refractivity contribution in [1.29, 1.82) is 0 Å². The standard InChI is InChI=1S/C54H35NO/c1-3-9-36(10-4-1)44-25-30-47-48-31-26-45(37-11-5-2-6-12-37)35-52(48)55(51(47)34-44)46-28-23-41(24-29-46)40-17-15-38(16-18-40)39-19-21-42(22-20-39)43-27-32-54-50(33-43)49-13-7-8-14-53(49)56-54/h1-35H. The Hall–Kier alpha value is -7.42. The number of fused-ring (bicyclic) bond motifs is 6. The van der Waals surface area contributed by atoms with Crippen molar-refractivity contribution in [2.24, 2.45) is 0 Å². The van der Waals surface area contributed by atoms with E-state index < -0.39 is 0 Å². The minimum atomic E-state index is 0.919. The first-order valence-electron chi connectivity index (χ1n) is 19.2. The maximum Gasteiger partial charge on any atom is 0.135 e. The zero-order chi connectivity index (χ0) is 37.0. The van der Waals surface area contributed by atoms with Gasteiger partial charge in [-0.2, -0.15) is 0 Å². The number of hydrogen-bond acceptors (Lipinski definition) is 1. The van der Waals surface area contributed by atoms with Crippen molar-refractivity contribution in [2.75, 3.05) is 0 Å². The first kappa shape index (κ1) is 32.0. The van der Waals surface area contributed by atoms with Crippen molar-refractivity contribution in [1.82, 2.24) is 4.57 Å². The molecule has 11 rings (SSSR count). The normalized spacial score (nSPS) is 11.6. The van der Waals surface area contributed by atoms with Crippen LogP contribution in [0, 0.1) is 0 Å². The Morgan fingerprint density at radius 3 is 1.16 bits per heavy atom. The summed E-state index contributed by atoms with van der Waals surface area (Å²) in [4.78, 5) is 0. The minimum absolute atomic E-state index is 0.919. The van der Waals surface area contributed by atoms with Gasteiger partial charge in [0.05, 0.1) is 11.0 Å². The van der Waals surface area contributed by atoms with Crippen LogP contribution in [0.5, 0.6) is 0 Å². The Morgan fingerprint density at radius 2 is 0.625 bits per heavy atom. The molecule has 2 aromatic heterocycles. The van der Waals surface area contributed by atoms with E-state index in [4.69, 9.17) is 4.42 Å². The minimum Gasteiger partial charge on any atom is -0.456 e. The van der Waals surface area contributed by atoms with Gasteiger partial charge in [0, 0.05) is 27.2 Å². The van der Waals surface area contributed by atoms with Gasteiger partial charge in [0.1, 0.15) is 11.2 Å². The monoisotopic (exact) mass is 713 g/mol. The van der Waals surface area contributed by atoms with E-state index in [2.05, 4.69) is 205 Å². The van der Waals surface area contributed by atoms with Gasteiger partial charge in [-0.15, -0.1) is 0 Å². The highest BCUT2D eigenvalue weighted by atomic mass is 16.3. The number of furan rings is 1. The first-order valence-corrected chi connectivity index (χ1v) is 19.2. The lowest BCUT2D eigenvalue weighted by molar-refractivity contribution is 0.669. The fraction of sp³-hybridized carbons (Fsp3) is 0. The lowest BCUT2D eigenvalue weighted by Crippen LogP contribution is -1.94. The molecular formula is C54H35NO. The molecule has 0 fully saturated rings. The van der Waals surface area contributed by atoms with Crippen LogP contribution in [0.15, 0.2) is 217 Å². The summed E-state index contributed by atoms with van der Waals surface area (Å²) in [5.74, 6) is 0. The smallest absolute Gasteiger partial charge is 0.135 e. The summed E-state index contributed by atoms with van der Waals surface area (Å²) in [6.45, 7) is 0. The molecule has 0 aliphatic heterocycles. The molecule has 2 heteroatoms. The van der Waals surface area contributed by atoms with E-state index in [-0.39, 0.29) is 0 Å². The number of hydrogen-bond donors (Lipinski definition) is 0. The van der Waals surface area contributed by atoms with Crippen LogP contribution in [0.25, 0.3) is 105 Å². The predicted octanol–water partition coefficient (Wildman–Crippen LogP) is 15.0. The summed E-state index contributed by atoms with van der Waals surface area (Å²) in [7, 11) is 0. The molecule has 0 atom stereocenters. The first-order chi connectivity index (χ1) is 27.7. The largest absolute Gasteiger partial charge is 0.456 e. The molecule has 0 aliphatic rings. The molecule has 0 saturated carbocycles. The molecule has 2 nitrogen and oxygen atoms in total. The van der Waals surface area contributed by atoms with E-state index in [0.29, 0.717) is 0 Å². The molecule has 0 saturated heterocycles. The van der Waals surface area contributed by atoms with Gasteiger partial charge < -0.3 is 8.98 Å². The molecule has 9 aromatic carbocycles. The molecule has 0 unspecified atom stereocenters. The Kier molecular flexibility index (Phi) is 7.53. The highest BCUT2D eigenvalue weighted by Crippen LogP contribution is 2.38. The average Bonchev–Trinajstić information content (AvgIpc) is 3.82. The number of rotatable bonds is 6. The maximum atomic E-state index is 6.05. The summed E-state index contributed by atoms with van der Waals surface area (Å²) in [6.07, 6.45) is 0. The van der Waals surface area contributed by atoms with Crippen LogP contribution in [0.4, 0.5) is 0 Å². The summed E-state index contributed by atoms with van der Waals surface area (Å²) in [5, 5.41) is 4.80. The molecule has 0 bridgehead atoms. The molecule has 262 valence electrons. The molecule has 0 spiro atoms. The van der Waals surface area contributed by atoms with Gasteiger partial charge in [0.15, 0.2) is 0 Å². The Balaban J connectivity index is 0.913. The molecule has 11 aromatic rings. The lowest BCUT2D eigenvalue weighted by atomic mass is 9.97. The second-order valence-electron chi connectivity index (χ2n) is 14.5. The van der Waals surface area contributed by atoms with Gasteiger partial charge in [0.25, 0.3) is 0 Å². The van der Waals surface area contributed by atoms with Gasteiger partial charge in [-0.05, 0) is 98.1 Å². The van der Waals surface area contributed by atoms with Crippen molar-refractivity contribution in [3.05, 3.63) is 212 Å². The highest BCUT2D eigenvalue weighted by molar-refractivity contribution is 6.11. The SMILES string of the molecule is c1ccc(-c2ccc3c4ccc(-c5ccccc5)cc4n(-c4ccc(-c5ccc(-c6ccc(-c7ccc8oc9ccccc9c8c7)cc6)cc5)cc4)c3c2)cc1. The number of nitrogens with zero attached hydrogens (tertiary/aromatic N) is 1. The van der Waals surface area contributed by atoms with Crippen LogP contribution in [0.2, 0.25) is 0 Å². The molecule has 2 heterocycles. The lowest BCUT2D eigenvalue weighted by Gasteiger charge is -2.12. The van der Waals surface area contributed by atoms with E-state index >= 15 is 0 Å². The summed E-state index contributed by atoms with van der Waals surface area (Å²) in [5.41, 5.74) is 17.4. The van der Waals surface area contributed by atoms with Gasteiger partial charge in [-0.3, -0.25) is 0 Å². The molecular weight excluding hydrogens is 679 g/mol. The fourth-order valence-corrected chi connectivity index (χ4v) is 8.34. The van der Waals surface area contributed by atoms with Crippen LogP contribution in [-0.4, -0.2) is 4.57 Å². The van der Waals surface area contributed by atoms with Crippen LogP contribution < -0.4 is 0 Å². The van der Waals surface area contributed by atoms with Gasteiger partial charge in [0.2, 0.25) is 0 Å². The fourth-order valence-electron chi connectivity index (χ4n) is 8.34. The van der Waals surface area contributed by atoms with Crippen LogP contribution in [0.1, 0.15) is 0 Å². The zero-order valence-electron chi connectivity index (χ0n) is 30.6. The van der Waals surface area contributed by atoms with Crippen LogP contribution >= 0.6 is 0 Å². The third-order valence-corrected chi connectivity index (χ3v) is 11.3. The van der Waals surface area contributed by atoms with Gasteiger partial charge >= 0.3 is 0 Å². The Labute approximate surface area is 325 Å². The van der Waals surface area contributed by atoms with E-state index in [0.717, 1.165) is 27.6 Å². The second-order valence-corrected chi connectivity index (χ2v) is 14.5. The third kappa shape index (κ3) is 5.51. The van der Waals surface area contributed by atoms with E-state index in [1.54, 1.807) is 0 Å². The highest BCUT2D eigenvalue weighted by Gasteiger charge is 2.15. The Morgan fingerprint density at radius 1 is 0.250 bits per heavy atom. The summed E-state index contributed by atoms with van der Waals surface area (Å²) in [6, 6.07) is 76.5. The van der Waals surface area contributed by atoms with Crippen molar-refractivity contribution in [3.8, 4) is 61.3 Å². The van der Waals surface area contributed by atoms with Crippen molar-refractivity contribution < 1.29 is 4.42 Å². The van der Waals surface area contributed by atoms with Gasteiger partial charge in [-0.25, -0.2) is 0 Å². The summed E-state index contributed by atoms with van der Waals surface area (Å²) < 4.78 is 8.48. The van der Waals surface area contributed by atoms with Crippen molar-refractivity contribution in [3.63, 3.8) is 0 Å². The van der Waals surface area contributed by atoms with E-state index in [9.17, 15) is 0 Å². The number of aromatic nitrogens is 1. The predicted molar refractivity (Wildman–Crippen MR) is 235 cm³/mol. The Bertz CT molecular complexity index is 3090. The molecule has 0 aliphatic carbocycles. The van der Waals surface area contributed by atoms with Crippen LogP contribution in [-0.2, 0) is 0 Å². The maximum absolute atomic E-state index is 6.05. The third-order valence-electron chi connectivity index (χ3n) is 11.3. The molecule has 0 N–H and O–H groups in total. The quantitative estimate of drug-likeness (QED) is 0.168. The molecule has 56 heavy (non-hydrogen) atoms. The van der Waals surface area contributed by atoms with E-state index in [1.165, 1.54) is 77.4 Å². The molecule has 0 amide bonds. The number of para-hydroxylation sites is 1. The number of benzene rings is 9. The van der Waals surface area contributed by atoms with E-state index in [1.807, 2.05) is 12.1 Å². The van der Waals surface area contributed by atoms with Crippen LogP contribution in [0.3, 0.4) is 0 Å². The summed E-state index contributed by atoms with van der Waals surface area (Å²) >= 11 is 0. The zero-order valence-corrected chi connectivity index (χ0v) is 30.6. The second kappa shape index (κ2) is 13.2.